The van der Waals surface area contributed by atoms with Gasteiger partial charge in [-0.1, -0.05) is 0 Å². The number of hydrogen-bond donors (Lipinski definition) is 2. The summed E-state index contributed by atoms with van der Waals surface area (Å²) in [5.74, 6) is 0.861. The van der Waals surface area contributed by atoms with Crippen LogP contribution in [0.5, 0.6) is 5.75 Å². The lowest BCUT2D eigenvalue weighted by Gasteiger charge is -2.25. The van der Waals surface area contributed by atoms with E-state index in [1.807, 2.05) is 25.1 Å². The molecular formula is C19H22N4O2. The van der Waals surface area contributed by atoms with Crippen molar-refractivity contribution in [1.29, 1.82) is 0 Å². The van der Waals surface area contributed by atoms with E-state index in [0.29, 0.717) is 19.2 Å². The smallest absolute Gasteiger partial charge is 0.322 e. The zero-order chi connectivity index (χ0) is 17.2. The number of H-pyrrole nitrogens is 1. The number of nitrogens with one attached hydrogen (secondary N) is 2. The molecule has 25 heavy (non-hydrogen) atoms. The average molecular weight is 338 g/mol. The highest BCUT2D eigenvalue weighted by Gasteiger charge is 2.26. The molecule has 1 aliphatic carbocycles. The highest BCUT2D eigenvalue weighted by atomic mass is 16.5. The lowest BCUT2D eigenvalue weighted by molar-refractivity contribution is 0.246. The van der Waals surface area contributed by atoms with Gasteiger partial charge in [0.25, 0.3) is 0 Å². The Bertz CT molecular complexity index is 794. The van der Waals surface area contributed by atoms with E-state index < -0.39 is 0 Å². The van der Waals surface area contributed by atoms with Gasteiger partial charge in [0.15, 0.2) is 0 Å². The number of aromatic amines is 1. The van der Waals surface area contributed by atoms with Gasteiger partial charge < -0.3 is 15.0 Å². The van der Waals surface area contributed by atoms with Crippen LogP contribution in [0.25, 0.3) is 11.6 Å². The number of carbonyl (C=O) groups excluding carboxylic acids is 1. The van der Waals surface area contributed by atoms with Crippen LogP contribution in [0.4, 0.5) is 10.5 Å². The number of nitrogens with zero attached hydrogens (tertiary/aromatic N) is 2. The highest BCUT2D eigenvalue weighted by molar-refractivity contribution is 5.94. The molecule has 1 fully saturated rings. The summed E-state index contributed by atoms with van der Waals surface area (Å²) in [5, 5.41) is 3.06. The third-order valence-corrected chi connectivity index (χ3v) is 4.57. The minimum atomic E-state index is -0.0271. The summed E-state index contributed by atoms with van der Waals surface area (Å²) in [5.41, 5.74) is 4.08. The molecule has 1 aliphatic heterocycles. The van der Waals surface area contributed by atoms with Crippen LogP contribution in [-0.2, 0) is 0 Å². The molecule has 2 N–H and O–H groups in total. The Kier molecular flexibility index (Phi) is 4.17. The third kappa shape index (κ3) is 3.38. The molecule has 130 valence electrons. The van der Waals surface area contributed by atoms with E-state index in [2.05, 4.69) is 21.4 Å². The summed E-state index contributed by atoms with van der Waals surface area (Å²) >= 11 is 0. The molecule has 2 heterocycles. The first-order valence-electron chi connectivity index (χ1n) is 8.79. The number of urea groups is 1. The fourth-order valence-electron chi connectivity index (χ4n) is 3.08. The number of ether oxygens (including phenoxy) is 1. The maximum absolute atomic E-state index is 12.5. The van der Waals surface area contributed by atoms with Crippen molar-refractivity contribution in [2.24, 2.45) is 0 Å². The standard InChI is InChI=1S/C19H22N4O2/c1-2-23(19(24)22-14-3-4-14)16-5-6-18-17(10-16)13(7-8-25-18)9-15-11-20-12-21-15/h5-6,9-12,14H,2-4,7-8H2,1H3,(H,20,21)(H,22,24). The Morgan fingerprint density at radius 1 is 1.48 bits per heavy atom. The predicted octanol–water partition coefficient (Wildman–Crippen LogP) is 3.43. The second-order valence-corrected chi connectivity index (χ2v) is 6.42. The van der Waals surface area contributed by atoms with E-state index in [-0.39, 0.29) is 6.03 Å². The first-order chi connectivity index (χ1) is 12.2. The largest absolute Gasteiger partial charge is 0.493 e. The fraction of sp³-hybridized carbons (Fsp3) is 0.368. The molecule has 2 amide bonds. The van der Waals surface area contributed by atoms with Crippen LogP contribution in [0, 0.1) is 0 Å². The van der Waals surface area contributed by atoms with Crippen molar-refractivity contribution >= 4 is 23.4 Å². The number of aromatic nitrogens is 2. The molecule has 1 aromatic heterocycles. The van der Waals surface area contributed by atoms with Crippen molar-refractivity contribution < 1.29 is 9.53 Å². The molecule has 1 aromatic carbocycles. The molecule has 4 rings (SSSR count). The molecule has 2 aliphatic rings. The summed E-state index contributed by atoms with van der Waals surface area (Å²) < 4.78 is 5.79. The molecule has 6 nitrogen and oxygen atoms in total. The lowest BCUT2D eigenvalue weighted by Crippen LogP contribution is -2.41. The SMILES string of the molecule is CCN(C(=O)NC1CC1)c1ccc2c(c1)C(=Cc1cnc[nH]1)CCO2. The molecular weight excluding hydrogens is 316 g/mol. The van der Waals surface area contributed by atoms with E-state index >= 15 is 0 Å². The van der Waals surface area contributed by atoms with Gasteiger partial charge in [0, 0.05) is 30.3 Å². The molecule has 6 heteroatoms. The van der Waals surface area contributed by atoms with E-state index in [1.165, 1.54) is 5.57 Å². The van der Waals surface area contributed by atoms with E-state index in [0.717, 1.165) is 42.0 Å². The van der Waals surface area contributed by atoms with Gasteiger partial charge in [-0.2, -0.15) is 0 Å². The van der Waals surface area contributed by atoms with Crippen LogP contribution in [0.3, 0.4) is 0 Å². The summed E-state index contributed by atoms with van der Waals surface area (Å²) in [7, 11) is 0. The third-order valence-electron chi connectivity index (χ3n) is 4.57. The fourth-order valence-corrected chi connectivity index (χ4v) is 3.08. The van der Waals surface area contributed by atoms with Crippen molar-refractivity contribution in [3.63, 3.8) is 0 Å². The van der Waals surface area contributed by atoms with Crippen molar-refractivity contribution in [1.82, 2.24) is 15.3 Å². The summed E-state index contributed by atoms with van der Waals surface area (Å²) in [6, 6.07) is 6.28. The Morgan fingerprint density at radius 3 is 3.08 bits per heavy atom. The number of rotatable bonds is 4. The van der Waals surface area contributed by atoms with Gasteiger partial charge in [0.2, 0.25) is 0 Å². The maximum atomic E-state index is 12.5. The van der Waals surface area contributed by atoms with Gasteiger partial charge in [-0.25, -0.2) is 9.78 Å². The van der Waals surface area contributed by atoms with Crippen molar-refractivity contribution in [2.75, 3.05) is 18.1 Å². The van der Waals surface area contributed by atoms with Crippen molar-refractivity contribution in [3.8, 4) is 5.75 Å². The minimum Gasteiger partial charge on any atom is -0.493 e. The number of imidazole rings is 1. The van der Waals surface area contributed by atoms with Crippen LogP contribution >= 0.6 is 0 Å². The topological polar surface area (TPSA) is 70.2 Å². The Hall–Kier alpha value is -2.76. The van der Waals surface area contributed by atoms with E-state index in [9.17, 15) is 4.79 Å². The van der Waals surface area contributed by atoms with Crippen molar-refractivity contribution in [3.05, 3.63) is 42.0 Å². The first-order valence-corrected chi connectivity index (χ1v) is 8.79. The van der Waals surface area contributed by atoms with Crippen LogP contribution in [-0.4, -0.2) is 35.2 Å². The summed E-state index contributed by atoms with van der Waals surface area (Å²) in [4.78, 5) is 21.4. The average Bonchev–Trinajstić information content (AvgIpc) is 3.28. The van der Waals surface area contributed by atoms with Gasteiger partial charge in [0.1, 0.15) is 5.75 Å². The van der Waals surface area contributed by atoms with Crippen LogP contribution in [0.2, 0.25) is 0 Å². The summed E-state index contributed by atoms with van der Waals surface area (Å²) in [6.45, 7) is 3.27. The van der Waals surface area contributed by atoms with Gasteiger partial charge >= 0.3 is 6.03 Å². The van der Waals surface area contributed by atoms with E-state index in [1.54, 1.807) is 17.4 Å². The van der Waals surface area contributed by atoms with Gasteiger partial charge in [-0.15, -0.1) is 0 Å². The normalized spacial score (nSPS) is 17.7. The number of hydrogen-bond acceptors (Lipinski definition) is 3. The van der Waals surface area contributed by atoms with Gasteiger partial charge in [-0.05, 0) is 49.6 Å². The van der Waals surface area contributed by atoms with Crippen molar-refractivity contribution in [2.45, 2.75) is 32.2 Å². The quantitative estimate of drug-likeness (QED) is 0.897. The molecule has 1 saturated carbocycles. The van der Waals surface area contributed by atoms with E-state index in [4.69, 9.17) is 4.74 Å². The minimum absolute atomic E-state index is 0.0271. The number of benzene rings is 1. The molecule has 2 aromatic rings. The highest BCUT2D eigenvalue weighted by Crippen LogP contribution is 2.37. The monoisotopic (exact) mass is 338 g/mol. The number of amides is 2. The molecule has 0 bridgehead atoms. The predicted molar refractivity (Wildman–Crippen MR) is 97.6 cm³/mol. The van der Waals surface area contributed by atoms with Gasteiger partial charge in [0.05, 0.1) is 24.8 Å². The number of fused-ring (bicyclic) bond motifs is 1. The second kappa shape index (κ2) is 6.63. The number of anilines is 1. The maximum Gasteiger partial charge on any atom is 0.322 e. The molecule has 0 radical (unpaired) electrons. The lowest BCUT2D eigenvalue weighted by atomic mass is 9.98. The van der Waals surface area contributed by atoms with Crippen LogP contribution < -0.4 is 15.0 Å². The van der Waals surface area contributed by atoms with Crippen LogP contribution in [0.1, 0.15) is 37.4 Å². The zero-order valence-corrected chi connectivity index (χ0v) is 14.3. The molecule has 0 spiro atoms. The Balaban J connectivity index is 1.65. The Labute approximate surface area is 146 Å². The van der Waals surface area contributed by atoms with Gasteiger partial charge in [-0.3, -0.25) is 4.90 Å². The van der Waals surface area contributed by atoms with Crippen LogP contribution in [0.15, 0.2) is 30.7 Å². The molecule has 0 unspecified atom stereocenters. The second-order valence-electron chi connectivity index (χ2n) is 6.42. The zero-order valence-electron chi connectivity index (χ0n) is 14.3. The Morgan fingerprint density at radius 2 is 2.36 bits per heavy atom. The molecule has 0 atom stereocenters. The summed E-state index contributed by atoms with van der Waals surface area (Å²) in [6.07, 6.45) is 8.56. The molecule has 0 saturated heterocycles. The number of carbonyl (C=O) groups is 1. The first kappa shape index (κ1) is 15.7.